The Bertz CT molecular complexity index is 618. The third-order valence-electron chi connectivity index (χ3n) is 3.84. The summed E-state index contributed by atoms with van der Waals surface area (Å²) in [6.07, 6.45) is 2.49. The highest BCUT2D eigenvalue weighted by molar-refractivity contribution is 6.20. The number of hydrogen-bond acceptors (Lipinski definition) is 3. The molecule has 5 heteroatoms. The molecule has 3 rings (SSSR count). The van der Waals surface area contributed by atoms with Crippen molar-refractivity contribution in [3.05, 3.63) is 24.0 Å². The predicted molar refractivity (Wildman–Crippen MR) is 84.1 cm³/mol. The van der Waals surface area contributed by atoms with Crippen molar-refractivity contribution in [3.8, 4) is 5.75 Å². The normalized spacial score (nSPS) is 20.0. The van der Waals surface area contributed by atoms with Crippen LogP contribution >= 0.6 is 11.6 Å². The Hall–Kier alpha value is -1.26. The lowest BCUT2D eigenvalue weighted by Gasteiger charge is -2.15. The summed E-state index contributed by atoms with van der Waals surface area (Å²) >= 11 is 6.33. The molecule has 1 aliphatic rings. The van der Waals surface area contributed by atoms with Crippen LogP contribution in [0.2, 0.25) is 0 Å². The van der Waals surface area contributed by atoms with E-state index in [1.54, 1.807) is 0 Å². The van der Waals surface area contributed by atoms with Crippen LogP contribution < -0.4 is 4.74 Å². The number of fused-ring (bicyclic) bond motifs is 1. The lowest BCUT2D eigenvalue weighted by molar-refractivity contribution is 0.0972. The zero-order valence-corrected chi connectivity index (χ0v) is 13.3. The largest absolute Gasteiger partial charge is 0.492 e. The van der Waals surface area contributed by atoms with Crippen LogP contribution in [0.3, 0.4) is 0 Å². The molecule has 1 fully saturated rings. The van der Waals surface area contributed by atoms with Crippen LogP contribution in [0.25, 0.3) is 11.0 Å². The van der Waals surface area contributed by atoms with Crippen molar-refractivity contribution in [2.45, 2.75) is 44.7 Å². The Morgan fingerprint density at radius 3 is 3.05 bits per heavy atom. The average Bonchev–Trinajstić information content (AvgIpc) is 3.09. The summed E-state index contributed by atoms with van der Waals surface area (Å²) in [7, 11) is 0. The Kier molecular flexibility index (Phi) is 4.36. The molecule has 1 aliphatic heterocycles. The number of rotatable bonds is 5. The number of ether oxygens (including phenoxy) is 2. The minimum absolute atomic E-state index is 0.145. The SMILES string of the molecule is CCOc1cccc2c1nc(C(C)Cl)n2CC1CCCO1. The zero-order chi connectivity index (χ0) is 14.8. The molecule has 2 heterocycles. The van der Waals surface area contributed by atoms with Gasteiger partial charge in [0.25, 0.3) is 0 Å². The number of halogens is 1. The van der Waals surface area contributed by atoms with Gasteiger partial charge < -0.3 is 14.0 Å². The number of aromatic nitrogens is 2. The van der Waals surface area contributed by atoms with Gasteiger partial charge in [0, 0.05) is 6.61 Å². The third kappa shape index (κ3) is 2.87. The van der Waals surface area contributed by atoms with Gasteiger partial charge in [-0.25, -0.2) is 4.98 Å². The maximum absolute atomic E-state index is 6.33. The molecular weight excluding hydrogens is 288 g/mol. The predicted octanol–water partition coefficient (Wildman–Crippen LogP) is 3.91. The van der Waals surface area contributed by atoms with Gasteiger partial charge >= 0.3 is 0 Å². The summed E-state index contributed by atoms with van der Waals surface area (Å²) in [6, 6.07) is 6.03. The quantitative estimate of drug-likeness (QED) is 0.786. The standard InChI is InChI=1S/C16H21ClN2O2/c1-3-20-14-8-4-7-13-15(14)18-16(11(2)17)19(13)10-12-6-5-9-21-12/h4,7-8,11-12H,3,5-6,9-10H2,1-2H3. The molecule has 2 atom stereocenters. The second-order valence-electron chi connectivity index (χ2n) is 5.39. The fourth-order valence-corrected chi connectivity index (χ4v) is 3.07. The van der Waals surface area contributed by atoms with Crippen LogP contribution in [0.1, 0.15) is 37.9 Å². The van der Waals surface area contributed by atoms with Crippen molar-refractivity contribution >= 4 is 22.6 Å². The number of para-hydroxylation sites is 1. The van der Waals surface area contributed by atoms with Crippen LogP contribution in [0, 0.1) is 0 Å². The minimum Gasteiger partial charge on any atom is -0.492 e. The van der Waals surface area contributed by atoms with Gasteiger partial charge in [-0.15, -0.1) is 11.6 Å². The highest BCUT2D eigenvalue weighted by Gasteiger charge is 2.22. The summed E-state index contributed by atoms with van der Waals surface area (Å²) in [5, 5.41) is -0.145. The van der Waals surface area contributed by atoms with E-state index in [0.717, 1.165) is 48.6 Å². The Morgan fingerprint density at radius 1 is 1.52 bits per heavy atom. The first-order chi connectivity index (χ1) is 10.2. The topological polar surface area (TPSA) is 36.3 Å². The molecule has 1 aromatic heterocycles. The third-order valence-corrected chi connectivity index (χ3v) is 4.03. The van der Waals surface area contributed by atoms with Gasteiger partial charge in [0.1, 0.15) is 17.1 Å². The Morgan fingerprint density at radius 2 is 2.38 bits per heavy atom. The van der Waals surface area contributed by atoms with Crippen molar-refractivity contribution in [2.75, 3.05) is 13.2 Å². The van der Waals surface area contributed by atoms with Crippen molar-refractivity contribution in [3.63, 3.8) is 0 Å². The number of imidazole rings is 1. The maximum Gasteiger partial charge on any atom is 0.147 e. The second kappa shape index (κ2) is 6.24. The lowest BCUT2D eigenvalue weighted by Crippen LogP contribution is -2.17. The van der Waals surface area contributed by atoms with Gasteiger partial charge in [0.05, 0.1) is 30.1 Å². The smallest absolute Gasteiger partial charge is 0.147 e. The first-order valence-corrected chi connectivity index (χ1v) is 8.02. The second-order valence-corrected chi connectivity index (χ2v) is 6.04. The van der Waals surface area contributed by atoms with Crippen molar-refractivity contribution in [2.24, 2.45) is 0 Å². The van der Waals surface area contributed by atoms with E-state index in [0.29, 0.717) is 6.61 Å². The molecule has 0 saturated carbocycles. The van der Waals surface area contributed by atoms with Gasteiger partial charge in [-0.1, -0.05) is 6.07 Å². The molecule has 2 aromatic rings. The number of hydrogen-bond donors (Lipinski definition) is 0. The summed E-state index contributed by atoms with van der Waals surface area (Å²) in [5.41, 5.74) is 1.96. The number of nitrogens with zero attached hydrogens (tertiary/aromatic N) is 2. The average molecular weight is 309 g/mol. The molecular formula is C16H21ClN2O2. The van der Waals surface area contributed by atoms with Crippen LogP contribution in [0.5, 0.6) is 5.75 Å². The summed E-state index contributed by atoms with van der Waals surface area (Å²) in [6.45, 7) is 6.22. The van der Waals surface area contributed by atoms with E-state index in [4.69, 9.17) is 26.1 Å². The van der Waals surface area contributed by atoms with Crippen LogP contribution in [0.15, 0.2) is 18.2 Å². The molecule has 1 saturated heterocycles. The van der Waals surface area contributed by atoms with E-state index in [-0.39, 0.29) is 11.5 Å². The van der Waals surface area contributed by atoms with Gasteiger partial charge in [0.2, 0.25) is 0 Å². The molecule has 0 radical (unpaired) electrons. The molecule has 1 aromatic carbocycles. The van der Waals surface area contributed by atoms with Crippen molar-refractivity contribution in [1.82, 2.24) is 9.55 Å². The zero-order valence-electron chi connectivity index (χ0n) is 12.5. The Labute approximate surface area is 130 Å². The van der Waals surface area contributed by atoms with Crippen LogP contribution in [-0.2, 0) is 11.3 Å². The fraction of sp³-hybridized carbons (Fsp3) is 0.562. The van der Waals surface area contributed by atoms with E-state index >= 15 is 0 Å². The maximum atomic E-state index is 6.33. The molecule has 0 aliphatic carbocycles. The van der Waals surface area contributed by atoms with Crippen molar-refractivity contribution < 1.29 is 9.47 Å². The van der Waals surface area contributed by atoms with E-state index in [1.807, 2.05) is 26.0 Å². The summed E-state index contributed by atoms with van der Waals surface area (Å²) in [5.74, 6) is 1.70. The van der Waals surface area contributed by atoms with E-state index in [9.17, 15) is 0 Å². The molecule has 4 nitrogen and oxygen atoms in total. The number of benzene rings is 1. The molecule has 114 valence electrons. The van der Waals surface area contributed by atoms with Gasteiger partial charge in [-0.05, 0) is 38.8 Å². The molecule has 0 spiro atoms. The molecule has 0 bridgehead atoms. The van der Waals surface area contributed by atoms with E-state index < -0.39 is 0 Å². The molecule has 21 heavy (non-hydrogen) atoms. The highest BCUT2D eigenvalue weighted by atomic mass is 35.5. The van der Waals surface area contributed by atoms with Gasteiger partial charge in [0.15, 0.2) is 0 Å². The molecule has 0 amide bonds. The minimum atomic E-state index is -0.145. The summed E-state index contributed by atoms with van der Waals surface area (Å²) < 4.78 is 13.6. The van der Waals surface area contributed by atoms with Crippen molar-refractivity contribution in [1.29, 1.82) is 0 Å². The van der Waals surface area contributed by atoms with E-state index in [2.05, 4.69) is 10.6 Å². The van der Waals surface area contributed by atoms with Crippen LogP contribution in [-0.4, -0.2) is 28.9 Å². The molecule has 2 unspecified atom stereocenters. The highest BCUT2D eigenvalue weighted by Crippen LogP contribution is 2.31. The number of alkyl halides is 1. The van der Waals surface area contributed by atoms with Crippen LogP contribution in [0.4, 0.5) is 0 Å². The fourth-order valence-electron chi connectivity index (χ4n) is 2.90. The lowest BCUT2D eigenvalue weighted by atomic mass is 10.2. The first-order valence-electron chi connectivity index (χ1n) is 7.58. The monoisotopic (exact) mass is 308 g/mol. The van der Waals surface area contributed by atoms with E-state index in [1.165, 1.54) is 0 Å². The molecule has 0 N–H and O–H groups in total. The van der Waals surface area contributed by atoms with Gasteiger partial charge in [-0.3, -0.25) is 0 Å². The summed E-state index contributed by atoms with van der Waals surface area (Å²) in [4.78, 5) is 4.72. The first kappa shape index (κ1) is 14.7. The Balaban J connectivity index is 2.06. The van der Waals surface area contributed by atoms with Gasteiger partial charge in [-0.2, -0.15) is 0 Å².